The standard InChI is InChI=1S/C18H22N6O2/c1-23-10-16(21-12-23)15-9-24(18(25)5-6-26-2)11-17(15)22-14-4-3-13(7-19)20-8-14/h3-4,8,10,12,15,17,22H,5-6,9,11H2,1-2H3/t15-,17+/m0/s1. The number of nitrogens with zero attached hydrogens (tertiary/aromatic N) is 5. The van der Waals surface area contributed by atoms with Gasteiger partial charge < -0.3 is 19.5 Å². The first-order valence-corrected chi connectivity index (χ1v) is 8.48. The first-order chi connectivity index (χ1) is 12.6. The summed E-state index contributed by atoms with van der Waals surface area (Å²) < 4.78 is 6.93. The molecule has 8 heteroatoms. The molecule has 3 rings (SSSR count). The van der Waals surface area contributed by atoms with E-state index in [2.05, 4.69) is 15.3 Å². The van der Waals surface area contributed by atoms with E-state index in [9.17, 15) is 4.79 Å². The van der Waals surface area contributed by atoms with Crippen molar-refractivity contribution < 1.29 is 9.53 Å². The number of likely N-dealkylation sites (tertiary alicyclic amines) is 1. The molecule has 8 nitrogen and oxygen atoms in total. The van der Waals surface area contributed by atoms with E-state index >= 15 is 0 Å². The van der Waals surface area contributed by atoms with Crippen molar-refractivity contribution in [1.29, 1.82) is 5.26 Å². The number of hydrogen-bond acceptors (Lipinski definition) is 6. The number of nitriles is 1. The van der Waals surface area contributed by atoms with Crippen LogP contribution in [0, 0.1) is 11.3 Å². The number of pyridine rings is 1. The summed E-state index contributed by atoms with van der Waals surface area (Å²) in [6.07, 6.45) is 5.77. The third kappa shape index (κ3) is 4.00. The number of carbonyl (C=O) groups excluding carboxylic acids is 1. The van der Waals surface area contributed by atoms with E-state index in [1.54, 1.807) is 25.7 Å². The number of anilines is 1. The summed E-state index contributed by atoms with van der Waals surface area (Å²) in [6.45, 7) is 1.62. The lowest BCUT2D eigenvalue weighted by atomic mass is 10.0. The molecule has 3 heterocycles. The second-order valence-corrected chi connectivity index (χ2v) is 6.41. The molecular formula is C18H22N6O2. The first-order valence-electron chi connectivity index (χ1n) is 8.48. The van der Waals surface area contributed by atoms with Crippen LogP contribution in [0.4, 0.5) is 5.69 Å². The van der Waals surface area contributed by atoms with E-state index in [-0.39, 0.29) is 17.9 Å². The van der Waals surface area contributed by atoms with Gasteiger partial charge in [-0.25, -0.2) is 9.97 Å². The Kier molecular flexibility index (Phi) is 5.49. The normalized spacial score (nSPS) is 19.3. The highest BCUT2D eigenvalue weighted by molar-refractivity contribution is 5.77. The minimum atomic E-state index is 0.0196. The van der Waals surface area contributed by atoms with Crippen molar-refractivity contribution in [3.63, 3.8) is 0 Å². The summed E-state index contributed by atoms with van der Waals surface area (Å²) in [7, 11) is 3.52. The van der Waals surface area contributed by atoms with Crippen molar-refractivity contribution in [3.05, 3.63) is 42.2 Å². The maximum atomic E-state index is 12.4. The fourth-order valence-electron chi connectivity index (χ4n) is 3.18. The van der Waals surface area contributed by atoms with Gasteiger partial charge in [0.1, 0.15) is 11.8 Å². The fourth-order valence-corrected chi connectivity index (χ4v) is 3.18. The SMILES string of the molecule is COCCC(=O)N1C[C@@H](Nc2ccc(C#N)nc2)[C@H](c2cn(C)cn2)C1. The summed E-state index contributed by atoms with van der Waals surface area (Å²) >= 11 is 0. The second kappa shape index (κ2) is 7.97. The Hall–Kier alpha value is -2.92. The number of amides is 1. The Labute approximate surface area is 152 Å². The molecule has 0 aromatic carbocycles. The number of aromatic nitrogens is 3. The van der Waals surface area contributed by atoms with Gasteiger partial charge in [0, 0.05) is 39.4 Å². The third-order valence-corrected chi connectivity index (χ3v) is 4.53. The highest BCUT2D eigenvalue weighted by Crippen LogP contribution is 2.29. The van der Waals surface area contributed by atoms with Crippen LogP contribution in [0.25, 0.3) is 0 Å². The van der Waals surface area contributed by atoms with Gasteiger partial charge >= 0.3 is 0 Å². The van der Waals surface area contributed by atoms with Gasteiger partial charge in [0.25, 0.3) is 0 Å². The Morgan fingerprint density at radius 3 is 2.88 bits per heavy atom. The van der Waals surface area contributed by atoms with Crippen LogP contribution in [0.2, 0.25) is 0 Å². The molecule has 1 N–H and O–H groups in total. The van der Waals surface area contributed by atoms with Crippen LogP contribution < -0.4 is 5.32 Å². The van der Waals surface area contributed by atoms with Gasteiger partial charge in [-0.05, 0) is 12.1 Å². The number of carbonyl (C=O) groups is 1. The molecule has 2 aromatic rings. The number of imidazole rings is 1. The molecule has 26 heavy (non-hydrogen) atoms. The zero-order chi connectivity index (χ0) is 18.5. The molecule has 0 aliphatic carbocycles. The van der Waals surface area contributed by atoms with E-state index in [4.69, 9.17) is 10.00 Å². The van der Waals surface area contributed by atoms with Crippen LogP contribution in [-0.2, 0) is 16.6 Å². The minimum absolute atomic E-state index is 0.0196. The second-order valence-electron chi connectivity index (χ2n) is 6.41. The largest absolute Gasteiger partial charge is 0.384 e. The molecule has 0 unspecified atom stereocenters. The van der Waals surface area contributed by atoms with Crippen molar-refractivity contribution in [3.8, 4) is 6.07 Å². The summed E-state index contributed by atoms with van der Waals surface area (Å²) in [5.74, 6) is 0.161. The van der Waals surface area contributed by atoms with E-state index < -0.39 is 0 Å². The highest BCUT2D eigenvalue weighted by atomic mass is 16.5. The molecule has 0 saturated carbocycles. The molecule has 0 bridgehead atoms. The minimum Gasteiger partial charge on any atom is -0.384 e. The van der Waals surface area contributed by atoms with Crippen molar-refractivity contribution in [2.24, 2.45) is 7.05 Å². The number of hydrogen-bond donors (Lipinski definition) is 1. The van der Waals surface area contributed by atoms with Gasteiger partial charge in [0.05, 0.1) is 43.0 Å². The molecule has 0 radical (unpaired) electrons. The number of ether oxygens (including phenoxy) is 1. The van der Waals surface area contributed by atoms with Crippen molar-refractivity contribution in [2.45, 2.75) is 18.4 Å². The number of methoxy groups -OCH3 is 1. The molecule has 1 saturated heterocycles. The van der Waals surface area contributed by atoms with Crippen molar-refractivity contribution in [2.75, 3.05) is 32.1 Å². The summed E-state index contributed by atoms with van der Waals surface area (Å²) in [5, 5.41) is 12.3. The van der Waals surface area contributed by atoms with Crippen molar-refractivity contribution >= 4 is 11.6 Å². The predicted molar refractivity (Wildman–Crippen MR) is 95.4 cm³/mol. The smallest absolute Gasteiger partial charge is 0.224 e. The lowest BCUT2D eigenvalue weighted by molar-refractivity contribution is -0.131. The van der Waals surface area contributed by atoms with Crippen molar-refractivity contribution in [1.82, 2.24) is 19.4 Å². The van der Waals surface area contributed by atoms with E-state index in [0.29, 0.717) is 31.8 Å². The maximum absolute atomic E-state index is 12.4. The molecular weight excluding hydrogens is 332 g/mol. The molecule has 136 valence electrons. The molecule has 1 fully saturated rings. The van der Waals surface area contributed by atoms with Crippen LogP contribution in [0.1, 0.15) is 23.7 Å². The van der Waals surface area contributed by atoms with Crippen LogP contribution in [0.5, 0.6) is 0 Å². The number of aryl methyl sites for hydroxylation is 1. The van der Waals surface area contributed by atoms with Gasteiger partial charge in [-0.15, -0.1) is 0 Å². The number of rotatable bonds is 6. The van der Waals surface area contributed by atoms with Gasteiger partial charge in [-0.2, -0.15) is 5.26 Å². The lowest BCUT2D eigenvalue weighted by Crippen LogP contribution is -2.32. The van der Waals surface area contributed by atoms with Gasteiger partial charge in [0.2, 0.25) is 5.91 Å². The first kappa shape index (κ1) is 17.9. The lowest BCUT2D eigenvalue weighted by Gasteiger charge is -2.19. The highest BCUT2D eigenvalue weighted by Gasteiger charge is 2.37. The quantitative estimate of drug-likeness (QED) is 0.835. The topological polar surface area (TPSA) is 96.1 Å². The number of nitrogens with one attached hydrogen (secondary N) is 1. The van der Waals surface area contributed by atoms with Crippen LogP contribution in [0.15, 0.2) is 30.9 Å². The van der Waals surface area contributed by atoms with Gasteiger partial charge in [-0.3, -0.25) is 4.79 Å². The molecule has 2 atom stereocenters. The average molecular weight is 354 g/mol. The zero-order valence-electron chi connectivity index (χ0n) is 14.9. The van der Waals surface area contributed by atoms with Crippen LogP contribution in [-0.4, -0.2) is 58.2 Å². The Morgan fingerprint density at radius 2 is 2.27 bits per heavy atom. The Bertz CT molecular complexity index is 795. The molecule has 1 amide bonds. The fraction of sp³-hybridized carbons (Fsp3) is 0.444. The van der Waals surface area contributed by atoms with E-state index in [1.165, 1.54) is 0 Å². The summed E-state index contributed by atoms with van der Waals surface area (Å²) in [6, 6.07) is 5.53. The van der Waals surface area contributed by atoms with E-state index in [0.717, 1.165) is 11.4 Å². The Morgan fingerprint density at radius 1 is 1.42 bits per heavy atom. The Balaban J connectivity index is 1.77. The summed E-state index contributed by atoms with van der Waals surface area (Å²) in [5.41, 5.74) is 2.15. The molecule has 0 spiro atoms. The third-order valence-electron chi connectivity index (χ3n) is 4.53. The van der Waals surface area contributed by atoms with Gasteiger partial charge in [0.15, 0.2) is 0 Å². The average Bonchev–Trinajstić information content (AvgIpc) is 3.26. The van der Waals surface area contributed by atoms with Gasteiger partial charge in [-0.1, -0.05) is 0 Å². The summed E-state index contributed by atoms with van der Waals surface area (Å²) in [4.78, 5) is 22.8. The molecule has 1 aliphatic rings. The maximum Gasteiger partial charge on any atom is 0.224 e. The predicted octanol–water partition coefficient (Wildman–Crippen LogP) is 1.13. The zero-order valence-corrected chi connectivity index (χ0v) is 14.9. The van der Waals surface area contributed by atoms with Crippen LogP contribution in [0.3, 0.4) is 0 Å². The monoisotopic (exact) mass is 354 g/mol. The molecule has 2 aromatic heterocycles. The van der Waals surface area contributed by atoms with Crippen LogP contribution >= 0.6 is 0 Å². The molecule has 1 aliphatic heterocycles. The van der Waals surface area contributed by atoms with E-state index in [1.807, 2.05) is 34.8 Å².